The largest absolute Gasteiger partial charge is 0.325 e. The molecule has 5 heteroatoms. The summed E-state index contributed by atoms with van der Waals surface area (Å²) in [6.45, 7) is 0.361. The molecule has 0 unspecified atom stereocenters. The van der Waals surface area contributed by atoms with E-state index in [1.54, 1.807) is 0 Å². The summed E-state index contributed by atoms with van der Waals surface area (Å²) in [6, 6.07) is 1.77. The molecule has 104 valence electrons. The van der Waals surface area contributed by atoms with E-state index in [4.69, 9.17) is 5.26 Å². The van der Waals surface area contributed by atoms with Crippen LogP contribution in [0.2, 0.25) is 0 Å². The zero-order valence-corrected chi connectivity index (χ0v) is 11.3. The summed E-state index contributed by atoms with van der Waals surface area (Å²) in [5.74, 6) is -0.0719. The molecule has 1 saturated carbocycles. The summed E-state index contributed by atoms with van der Waals surface area (Å²) < 4.78 is 0. The summed E-state index contributed by atoms with van der Waals surface area (Å²) in [5, 5.41) is 11.4. The summed E-state index contributed by atoms with van der Waals surface area (Å²) in [5.41, 5.74) is -0.649. The Bertz CT molecular complexity index is 392. The van der Waals surface area contributed by atoms with Crippen molar-refractivity contribution in [2.45, 2.75) is 63.3 Å². The molecule has 2 aliphatic rings. The fraction of sp³-hybridized carbons (Fsp3) is 0.786. The number of hydrogen-bond donors (Lipinski definition) is 1. The Hall–Kier alpha value is -1.57. The van der Waals surface area contributed by atoms with E-state index in [9.17, 15) is 9.59 Å². The molecule has 2 fully saturated rings. The van der Waals surface area contributed by atoms with Gasteiger partial charge in [0.2, 0.25) is 0 Å². The summed E-state index contributed by atoms with van der Waals surface area (Å²) >= 11 is 0. The maximum absolute atomic E-state index is 12.5. The number of nitriles is 1. The first kappa shape index (κ1) is 13.9. The predicted octanol–water partition coefficient (Wildman–Crippen LogP) is 2.33. The van der Waals surface area contributed by atoms with E-state index in [1.807, 2.05) is 6.07 Å². The van der Waals surface area contributed by atoms with E-state index in [0.717, 1.165) is 38.5 Å². The van der Waals surface area contributed by atoms with Gasteiger partial charge in [0.25, 0.3) is 5.91 Å². The first-order chi connectivity index (χ1) is 9.19. The maximum atomic E-state index is 12.5. The Balaban J connectivity index is 2.04. The molecular weight excluding hydrogens is 242 g/mol. The van der Waals surface area contributed by atoms with Crippen LogP contribution in [0.15, 0.2) is 0 Å². The highest BCUT2D eigenvalue weighted by atomic mass is 16.2. The lowest BCUT2D eigenvalue weighted by Crippen LogP contribution is -2.47. The molecule has 2 rings (SSSR count). The second-order valence-electron chi connectivity index (χ2n) is 5.50. The number of nitrogens with one attached hydrogen (secondary N) is 1. The molecule has 1 saturated heterocycles. The van der Waals surface area contributed by atoms with Crippen LogP contribution in [0.5, 0.6) is 0 Å². The molecule has 0 aromatic rings. The van der Waals surface area contributed by atoms with Crippen LogP contribution < -0.4 is 5.32 Å². The van der Waals surface area contributed by atoms with E-state index in [1.165, 1.54) is 11.3 Å². The van der Waals surface area contributed by atoms with Crippen LogP contribution in [0.4, 0.5) is 4.79 Å². The molecular formula is C14H21N3O2. The smallest absolute Gasteiger partial charge is 0.323 e. The van der Waals surface area contributed by atoms with Gasteiger partial charge in [-0.25, -0.2) is 4.79 Å². The molecule has 1 aliphatic heterocycles. The number of carbonyl (C=O) groups excluding carboxylic acids is 2. The third-order valence-corrected chi connectivity index (χ3v) is 4.12. The quantitative estimate of drug-likeness (QED) is 0.627. The molecule has 19 heavy (non-hydrogen) atoms. The van der Waals surface area contributed by atoms with Crippen molar-refractivity contribution in [3.63, 3.8) is 0 Å². The van der Waals surface area contributed by atoms with E-state index in [2.05, 4.69) is 5.32 Å². The Morgan fingerprint density at radius 3 is 2.42 bits per heavy atom. The minimum Gasteiger partial charge on any atom is -0.323 e. The first-order valence-corrected chi connectivity index (χ1v) is 7.21. The predicted molar refractivity (Wildman–Crippen MR) is 70.1 cm³/mol. The van der Waals surface area contributed by atoms with Gasteiger partial charge in [0.1, 0.15) is 5.54 Å². The van der Waals surface area contributed by atoms with Gasteiger partial charge in [-0.3, -0.25) is 9.69 Å². The van der Waals surface area contributed by atoms with Crippen molar-refractivity contribution in [1.29, 1.82) is 5.26 Å². The van der Waals surface area contributed by atoms with E-state index in [0.29, 0.717) is 19.4 Å². The van der Waals surface area contributed by atoms with Crippen molar-refractivity contribution in [3.05, 3.63) is 0 Å². The second kappa shape index (κ2) is 6.05. The van der Waals surface area contributed by atoms with Gasteiger partial charge in [0.15, 0.2) is 0 Å². The number of urea groups is 1. The van der Waals surface area contributed by atoms with Crippen LogP contribution in [0, 0.1) is 11.3 Å². The van der Waals surface area contributed by atoms with Gasteiger partial charge >= 0.3 is 6.03 Å². The number of rotatable bonds is 3. The summed E-state index contributed by atoms with van der Waals surface area (Å²) in [7, 11) is 0. The fourth-order valence-electron chi connectivity index (χ4n) is 3.04. The van der Waals surface area contributed by atoms with E-state index < -0.39 is 5.54 Å². The molecule has 0 bridgehead atoms. The fourth-order valence-corrected chi connectivity index (χ4v) is 3.04. The molecule has 1 N–H and O–H groups in total. The van der Waals surface area contributed by atoms with Gasteiger partial charge in [-0.15, -0.1) is 0 Å². The minimum atomic E-state index is -0.649. The van der Waals surface area contributed by atoms with Crippen molar-refractivity contribution in [2.24, 2.45) is 0 Å². The van der Waals surface area contributed by atoms with Gasteiger partial charge < -0.3 is 5.32 Å². The molecule has 3 amide bonds. The number of unbranched alkanes of at least 4 members (excludes halogenated alkanes) is 1. The Morgan fingerprint density at radius 2 is 1.79 bits per heavy atom. The van der Waals surface area contributed by atoms with Crippen molar-refractivity contribution in [2.75, 3.05) is 6.54 Å². The van der Waals surface area contributed by atoms with Crippen molar-refractivity contribution in [3.8, 4) is 6.07 Å². The molecule has 5 nitrogen and oxygen atoms in total. The first-order valence-electron chi connectivity index (χ1n) is 7.21. The highest BCUT2D eigenvalue weighted by Crippen LogP contribution is 2.32. The van der Waals surface area contributed by atoms with Crippen molar-refractivity contribution in [1.82, 2.24) is 10.2 Å². The lowest BCUT2D eigenvalue weighted by Gasteiger charge is -2.28. The number of nitrogens with zero attached hydrogens (tertiary/aromatic N) is 2. The maximum Gasteiger partial charge on any atom is 0.325 e. The lowest BCUT2D eigenvalue weighted by atomic mass is 9.84. The third-order valence-electron chi connectivity index (χ3n) is 4.12. The molecule has 0 radical (unpaired) electrons. The van der Waals surface area contributed by atoms with E-state index >= 15 is 0 Å². The molecule has 1 spiro atoms. The molecule has 1 aliphatic carbocycles. The van der Waals surface area contributed by atoms with Crippen LogP contribution in [-0.2, 0) is 4.79 Å². The van der Waals surface area contributed by atoms with Gasteiger partial charge in [-0.1, -0.05) is 32.1 Å². The number of hydrogen-bond acceptors (Lipinski definition) is 3. The standard InChI is InChI=1S/C14H21N3O2/c15-10-6-7-11-17-12(18)14(16-13(17)19)8-4-2-1-3-5-9-14/h1-9,11H2,(H,16,19). The number of amides is 3. The molecule has 0 aromatic heterocycles. The Morgan fingerprint density at radius 1 is 1.16 bits per heavy atom. The zero-order valence-electron chi connectivity index (χ0n) is 11.3. The molecule has 0 atom stereocenters. The number of carbonyl (C=O) groups is 2. The summed E-state index contributed by atoms with van der Waals surface area (Å²) in [6.07, 6.45) is 7.95. The monoisotopic (exact) mass is 263 g/mol. The number of imide groups is 1. The van der Waals surface area contributed by atoms with Crippen LogP contribution in [-0.4, -0.2) is 28.9 Å². The van der Waals surface area contributed by atoms with Crippen molar-refractivity contribution >= 4 is 11.9 Å². The van der Waals surface area contributed by atoms with Crippen LogP contribution >= 0.6 is 0 Å². The normalized spacial score (nSPS) is 22.8. The summed E-state index contributed by atoms with van der Waals surface area (Å²) in [4.78, 5) is 25.8. The van der Waals surface area contributed by atoms with Crippen LogP contribution in [0.3, 0.4) is 0 Å². The van der Waals surface area contributed by atoms with Gasteiger partial charge in [-0.05, 0) is 19.3 Å². The third kappa shape index (κ3) is 2.89. The van der Waals surface area contributed by atoms with Gasteiger partial charge in [-0.2, -0.15) is 5.26 Å². The SMILES string of the molecule is N#CCCCN1C(=O)NC2(CCCCCCC2)C1=O. The molecule has 1 heterocycles. The zero-order chi connectivity index (χ0) is 13.7. The van der Waals surface area contributed by atoms with Crippen molar-refractivity contribution < 1.29 is 9.59 Å². The highest BCUT2D eigenvalue weighted by molar-refractivity contribution is 6.07. The minimum absolute atomic E-state index is 0.0719. The Kier molecular flexibility index (Phi) is 4.41. The van der Waals surface area contributed by atoms with E-state index in [-0.39, 0.29) is 11.9 Å². The topological polar surface area (TPSA) is 73.2 Å². The average Bonchev–Trinajstić information content (AvgIpc) is 2.59. The average molecular weight is 263 g/mol. The van der Waals surface area contributed by atoms with Gasteiger partial charge in [0, 0.05) is 13.0 Å². The lowest BCUT2D eigenvalue weighted by molar-refractivity contribution is -0.132. The second-order valence-corrected chi connectivity index (χ2v) is 5.50. The molecule has 0 aromatic carbocycles. The van der Waals surface area contributed by atoms with Crippen LogP contribution in [0.25, 0.3) is 0 Å². The highest BCUT2D eigenvalue weighted by Gasteiger charge is 2.49. The Labute approximate surface area is 113 Å². The van der Waals surface area contributed by atoms with Gasteiger partial charge in [0.05, 0.1) is 6.07 Å². The van der Waals surface area contributed by atoms with Crippen LogP contribution in [0.1, 0.15) is 57.8 Å².